The van der Waals surface area contributed by atoms with Crippen LogP contribution in [0.25, 0.3) is 0 Å². The van der Waals surface area contributed by atoms with Gasteiger partial charge in [-0.15, -0.1) is 0 Å². The number of aryl methyl sites for hydroxylation is 1. The summed E-state index contributed by atoms with van der Waals surface area (Å²) in [5.74, 6) is 0.770. The van der Waals surface area contributed by atoms with Crippen LogP contribution in [0.2, 0.25) is 18.1 Å². The average Bonchev–Trinajstić information content (AvgIpc) is 2.54. The molecule has 0 spiro atoms. The summed E-state index contributed by atoms with van der Waals surface area (Å²) in [5.41, 5.74) is 1.76. The molecule has 2 rings (SSSR count). The van der Waals surface area contributed by atoms with Gasteiger partial charge in [0.25, 0.3) is 10.0 Å². The van der Waals surface area contributed by atoms with E-state index < -0.39 is 18.3 Å². The van der Waals surface area contributed by atoms with Crippen molar-refractivity contribution in [2.75, 3.05) is 0 Å². The van der Waals surface area contributed by atoms with Gasteiger partial charge in [0.2, 0.25) is 8.32 Å². The second-order valence-electron chi connectivity index (χ2n) is 8.10. The average molecular weight is 405 g/mol. The molecule has 0 aliphatic carbocycles. The highest BCUT2D eigenvalue weighted by atomic mass is 32.2. The van der Waals surface area contributed by atoms with Gasteiger partial charge in [-0.05, 0) is 54.9 Å². The first-order chi connectivity index (χ1) is 12.4. The Morgan fingerprint density at radius 2 is 1.70 bits per heavy atom. The molecule has 0 radical (unpaired) electrons. The van der Waals surface area contributed by atoms with Gasteiger partial charge in [-0.2, -0.15) is 13.5 Å². The molecular formula is C20H28N2O3SSi. The van der Waals surface area contributed by atoms with Crippen LogP contribution in [0.1, 0.15) is 31.9 Å². The van der Waals surface area contributed by atoms with E-state index in [4.69, 9.17) is 4.43 Å². The minimum atomic E-state index is -3.68. The standard InChI is InChI=1S/C20H28N2O3SSi/c1-16-10-12-19(13-11-16)26(23,24)22-21-15-17-8-7-9-18(14-17)25-27(5,6)20(2,3)4/h7-15,22H,1-6H3/b21-15+. The quantitative estimate of drug-likeness (QED) is 0.431. The molecule has 0 aliphatic heterocycles. The maximum atomic E-state index is 12.3. The van der Waals surface area contributed by atoms with Crippen LogP contribution in [0.15, 0.2) is 58.5 Å². The summed E-state index contributed by atoms with van der Waals surface area (Å²) in [6.45, 7) is 12.8. The molecule has 0 amide bonds. The van der Waals surface area contributed by atoms with Crippen LogP contribution < -0.4 is 9.26 Å². The lowest BCUT2D eigenvalue weighted by Crippen LogP contribution is -2.43. The maximum absolute atomic E-state index is 12.3. The zero-order valence-electron chi connectivity index (χ0n) is 16.8. The Morgan fingerprint density at radius 1 is 1.07 bits per heavy atom. The molecule has 0 saturated heterocycles. The van der Waals surface area contributed by atoms with Crippen LogP contribution in [0.5, 0.6) is 5.75 Å². The summed E-state index contributed by atoms with van der Waals surface area (Å²) in [6.07, 6.45) is 1.48. The molecular weight excluding hydrogens is 376 g/mol. The smallest absolute Gasteiger partial charge is 0.276 e. The monoisotopic (exact) mass is 404 g/mol. The lowest BCUT2D eigenvalue weighted by Gasteiger charge is -2.36. The third-order valence-electron chi connectivity index (χ3n) is 4.76. The summed E-state index contributed by atoms with van der Waals surface area (Å²) in [7, 11) is -5.61. The molecule has 0 aromatic heterocycles. The SMILES string of the molecule is Cc1ccc(S(=O)(=O)N/N=C/c2cccc(O[Si](C)(C)C(C)(C)C)c2)cc1. The Bertz CT molecular complexity index is 915. The van der Waals surface area contributed by atoms with Crippen LogP contribution in [0.3, 0.4) is 0 Å². The van der Waals surface area contributed by atoms with Crippen molar-refractivity contribution in [3.63, 3.8) is 0 Å². The van der Waals surface area contributed by atoms with E-state index in [0.717, 1.165) is 16.9 Å². The Morgan fingerprint density at radius 3 is 2.30 bits per heavy atom. The fourth-order valence-electron chi connectivity index (χ4n) is 2.05. The number of nitrogens with zero attached hydrogens (tertiary/aromatic N) is 1. The number of sulfonamides is 1. The molecule has 1 N–H and O–H groups in total. The molecule has 0 aliphatic rings. The van der Waals surface area contributed by atoms with Crippen molar-refractivity contribution < 1.29 is 12.8 Å². The van der Waals surface area contributed by atoms with Gasteiger partial charge in [-0.3, -0.25) is 0 Å². The van der Waals surface area contributed by atoms with Crippen LogP contribution in [-0.2, 0) is 10.0 Å². The third-order valence-corrected chi connectivity index (χ3v) is 10.4. The van der Waals surface area contributed by atoms with E-state index in [1.54, 1.807) is 24.3 Å². The van der Waals surface area contributed by atoms with Gasteiger partial charge in [-0.25, -0.2) is 4.83 Å². The van der Waals surface area contributed by atoms with Crippen molar-refractivity contribution in [1.82, 2.24) is 4.83 Å². The van der Waals surface area contributed by atoms with Gasteiger partial charge >= 0.3 is 0 Å². The normalized spacial score (nSPS) is 13.0. The molecule has 5 nitrogen and oxygen atoms in total. The van der Waals surface area contributed by atoms with Crippen LogP contribution in [0.4, 0.5) is 0 Å². The maximum Gasteiger partial charge on any atom is 0.276 e. The molecule has 0 unspecified atom stereocenters. The molecule has 0 atom stereocenters. The lowest BCUT2D eigenvalue weighted by atomic mass is 10.2. The summed E-state index contributed by atoms with van der Waals surface area (Å²) in [4.78, 5) is 2.43. The van der Waals surface area contributed by atoms with Crippen molar-refractivity contribution >= 4 is 24.6 Å². The van der Waals surface area contributed by atoms with Gasteiger partial charge in [0.05, 0.1) is 11.1 Å². The van der Waals surface area contributed by atoms with Gasteiger partial charge in [0.15, 0.2) is 0 Å². The summed E-state index contributed by atoms with van der Waals surface area (Å²) < 4.78 is 30.8. The summed E-state index contributed by atoms with van der Waals surface area (Å²) in [6, 6.07) is 14.1. The second kappa shape index (κ2) is 7.86. The highest BCUT2D eigenvalue weighted by Gasteiger charge is 2.38. The minimum Gasteiger partial charge on any atom is -0.543 e. The van der Waals surface area contributed by atoms with Gasteiger partial charge in [0.1, 0.15) is 5.75 Å². The fourth-order valence-corrected chi connectivity index (χ4v) is 3.86. The summed E-state index contributed by atoms with van der Waals surface area (Å²) in [5, 5.41) is 3.99. The molecule has 146 valence electrons. The van der Waals surface area contributed by atoms with Crippen molar-refractivity contribution in [2.24, 2.45) is 5.10 Å². The number of nitrogens with one attached hydrogen (secondary N) is 1. The zero-order valence-corrected chi connectivity index (χ0v) is 18.6. The molecule has 27 heavy (non-hydrogen) atoms. The van der Waals surface area contributed by atoms with Crippen LogP contribution >= 0.6 is 0 Å². The molecule has 0 bridgehead atoms. The van der Waals surface area contributed by atoms with E-state index in [-0.39, 0.29) is 9.93 Å². The molecule has 7 heteroatoms. The molecule has 0 saturated carbocycles. The number of hydrogen-bond acceptors (Lipinski definition) is 4. The number of rotatable bonds is 6. The fraction of sp³-hybridized carbons (Fsp3) is 0.350. The van der Waals surface area contributed by atoms with Gasteiger partial charge in [-0.1, -0.05) is 50.6 Å². The van der Waals surface area contributed by atoms with Gasteiger partial charge < -0.3 is 4.43 Å². The predicted molar refractivity (Wildman–Crippen MR) is 113 cm³/mol. The Balaban J connectivity index is 2.11. The minimum absolute atomic E-state index is 0.0980. The first kappa shape index (κ1) is 21.2. The first-order valence-electron chi connectivity index (χ1n) is 8.81. The Kier molecular flexibility index (Phi) is 6.16. The van der Waals surface area contributed by atoms with E-state index in [1.807, 2.05) is 31.2 Å². The topological polar surface area (TPSA) is 67.8 Å². The largest absolute Gasteiger partial charge is 0.543 e. The van der Waals surface area contributed by atoms with Crippen molar-refractivity contribution in [3.8, 4) is 5.75 Å². The predicted octanol–water partition coefficient (Wildman–Crippen LogP) is 4.69. The van der Waals surface area contributed by atoms with Crippen LogP contribution in [-0.4, -0.2) is 22.9 Å². The first-order valence-corrected chi connectivity index (χ1v) is 13.2. The molecule has 0 heterocycles. The van der Waals surface area contributed by atoms with E-state index in [0.29, 0.717) is 0 Å². The van der Waals surface area contributed by atoms with E-state index in [9.17, 15) is 8.42 Å². The molecule has 2 aromatic carbocycles. The number of benzene rings is 2. The van der Waals surface area contributed by atoms with E-state index in [2.05, 4.69) is 43.8 Å². The lowest BCUT2D eigenvalue weighted by molar-refractivity contribution is 0.492. The third kappa shape index (κ3) is 5.67. The van der Waals surface area contributed by atoms with Crippen molar-refractivity contribution in [2.45, 2.75) is 50.7 Å². The zero-order chi connectivity index (χ0) is 20.3. The molecule has 2 aromatic rings. The highest BCUT2D eigenvalue weighted by molar-refractivity contribution is 7.89. The highest BCUT2D eigenvalue weighted by Crippen LogP contribution is 2.37. The number of hydrazone groups is 1. The van der Waals surface area contributed by atoms with Crippen LogP contribution in [0, 0.1) is 6.92 Å². The second-order valence-corrected chi connectivity index (χ2v) is 14.5. The molecule has 0 fully saturated rings. The van der Waals surface area contributed by atoms with E-state index >= 15 is 0 Å². The van der Waals surface area contributed by atoms with Crippen molar-refractivity contribution in [1.29, 1.82) is 0 Å². The van der Waals surface area contributed by atoms with E-state index in [1.165, 1.54) is 6.21 Å². The summed E-state index contributed by atoms with van der Waals surface area (Å²) >= 11 is 0. The Labute approximate surface area is 163 Å². The number of hydrogen-bond donors (Lipinski definition) is 1. The van der Waals surface area contributed by atoms with Gasteiger partial charge in [0, 0.05) is 0 Å². The Hall–Kier alpha value is -2.12. The van der Waals surface area contributed by atoms with Crippen molar-refractivity contribution in [3.05, 3.63) is 59.7 Å².